The van der Waals surface area contributed by atoms with Gasteiger partial charge in [-0.25, -0.2) is 0 Å². The Balaban J connectivity index is 1.62. The monoisotopic (exact) mass is 328 g/mol. The predicted octanol–water partition coefficient (Wildman–Crippen LogP) is 2.94. The fourth-order valence-corrected chi connectivity index (χ4v) is 3.23. The minimum Gasteiger partial charge on any atom is -0.424 e. The van der Waals surface area contributed by atoms with Crippen LogP contribution in [0.25, 0.3) is 0 Å². The Kier molecular flexibility index (Phi) is 5.01. The molecular formula is C19H28N4O. The van der Waals surface area contributed by atoms with Crippen molar-refractivity contribution in [1.82, 2.24) is 20.4 Å². The fourth-order valence-electron chi connectivity index (χ4n) is 3.23. The Morgan fingerprint density at radius 3 is 2.62 bits per heavy atom. The molecule has 130 valence electrons. The van der Waals surface area contributed by atoms with Crippen molar-refractivity contribution in [2.45, 2.75) is 53.2 Å². The van der Waals surface area contributed by atoms with Gasteiger partial charge in [0.05, 0.1) is 6.54 Å². The smallest absolute Gasteiger partial charge is 0.230 e. The summed E-state index contributed by atoms with van der Waals surface area (Å²) in [7, 11) is 0. The number of hydrogen-bond acceptors (Lipinski definition) is 5. The zero-order valence-electron chi connectivity index (χ0n) is 15.2. The lowest BCUT2D eigenvalue weighted by Gasteiger charge is -2.37. The summed E-state index contributed by atoms with van der Waals surface area (Å²) in [5.41, 5.74) is 3.12. The second kappa shape index (κ2) is 7.03. The normalized spacial score (nSPS) is 16.8. The molecule has 1 aliphatic rings. The summed E-state index contributed by atoms with van der Waals surface area (Å²) < 4.78 is 5.48. The molecule has 2 heterocycles. The van der Waals surface area contributed by atoms with Crippen LogP contribution in [-0.2, 0) is 19.5 Å². The van der Waals surface area contributed by atoms with Crippen LogP contribution < -0.4 is 5.32 Å². The molecule has 0 unspecified atom stereocenters. The van der Waals surface area contributed by atoms with Gasteiger partial charge in [0.15, 0.2) is 0 Å². The van der Waals surface area contributed by atoms with E-state index in [2.05, 4.69) is 65.5 Å². The Hall–Kier alpha value is -1.72. The van der Waals surface area contributed by atoms with E-state index in [1.54, 1.807) is 0 Å². The van der Waals surface area contributed by atoms with Crippen LogP contribution in [0.5, 0.6) is 0 Å². The number of rotatable bonds is 5. The van der Waals surface area contributed by atoms with E-state index >= 15 is 0 Å². The Bertz CT molecular complexity index is 674. The van der Waals surface area contributed by atoms with Crippen LogP contribution >= 0.6 is 0 Å². The molecule has 1 aromatic heterocycles. The van der Waals surface area contributed by atoms with Crippen LogP contribution in [0.4, 0.5) is 0 Å². The predicted molar refractivity (Wildman–Crippen MR) is 94.5 cm³/mol. The zero-order chi connectivity index (χ0) is 17.2. The van der Waals surface area contributed by atoms with Crippen LogP contribution in [0.1, 0.15) is 43.7 Å². The average molecular weight is 328 g/mol. The zero-order valence-corrected chi connectivity index (χ0v) is 15.2. The summed E-state index contributed by atoms with van der Waals surface area (Å²) in [6.07, 6.45) is 1.13. The minimum atomic E-state index is 0.159. The lowest BCUT2D eigenvalue weighted by atomic mass is 9.85. The van der Waals surface area contributed by atoms with Crippen molar-refractivity contribution < 1.29 is 4.42 Å². The second-order valence-electron chi connectivity index (χ2n) is 7.77. The molecule has 0 fully saturated rings. The molecule has 1 aromatic carbocycles. The summed E-state index contributed by atoms with van der Waals surface area (Å²) in [4.78, 5) is 2.55. The third-order valence-electron chi connectivity index (χ3n) is 4.76. The maximum atomic E-state index is 5.48. The maximum absolute atomic E-state index is 5.48. The van der Waals surface area contributed by atoms with Crippen molar-refractivity contribution in [3.05, 3.63) is 47.2 Å². The molecular weight excluding hydrogens is 300 g/mol. The minimum absolute atomic E-state index is 0.159. The van der Waals surface area contributed by atoms with Gasteiger partial charge in [-0.05, 0) is 23.0 Å². The van der Waals surface area contributed by atoms with Gasteiger partial charge in [0.1, 0.15) is 0 Å². The molecule has 1 N–H and O–H groups in total. The van der Waals surface area contributed by atoms with Crippen molar-refractivity contribution in [3.63, 3.8) is 0 Å². The molecule has 0 amide bonds. The van der Waals surface area contributed by atoms with Crippen molar-refractivity contribution in [3.8, 4) is 0 Å². The molecule has 5 nitrogen and oxygen atoms in total. The number of fused-ring (bicyclic) bond motifs is 1. The fraction of sp³-hybridized carbons (Fsp3) is 0.579. The largest absolute Gasteiger partial charge is 0.424 e. The molecule has 0 saturated carbocycles. The van der Waals surface area contributed by atoms with Gasteiger partial charge < -0.3 is 9.73 Å². The average Bonchev–Trinajstić information content (AvgIpc) is 2.95. The highest BCUT2D eigenvalue weighted by atomic mass is 16.4. The Morgan fingerprint density at radius 2 is 1.96 bits per heavy atom. The summed E-state index contributed by atoms with van der Waals surface area (Å²) in [5.74, 6) is 1.28. The number of hydrogen-bond donors (Lipinski definition) is 1. The van der Waals surface area contributed by atoms with Gasteiger partial charge in [0.2, 0.25) is 11.8 Å². The highest BCUT2D eigenvalue weighted by Crippen LogP contribution is 2.24. The van der Waals surface area contributed by atoms with Gasteiger partial charge in [-0.2, -0.15) is 0 Å². The number of aromatic nitrogens is 2. The number of benzene rings is 1. The molecule has 2 aromatic rings. The van der Waals surface area contributed by atoms with Gasteiger partial charge in [-0.1, -0.05) is 45.0 Å². The van der Waals surface area contributed by atoms with E-state index in [1.165, 1.54) is 11.1 Å². The van der Waals surface area contributed by atoms with Gasteiger partial charge in [0, 0.05) is 32.6 Å². The third-order valence-corrected chi connectivity index (χ3v) is 4.76. The summed E-state index contributed by atoms with van der Waals surface area (Å²) in [6.45, 7) is 12.4. The lowest BCUT2D eigenvalue weighted by molar-refractivity contribution is 0.158. The van der Waals surface area contributed by atoms with E-state index in [4.69, 9.17) is 4.42 Å². The summed E-state index contributed by atoms with van der Waals surface area (Å²) in [6, 6.07) is 9.14. The molecule has 1 aliphatic heterocycles. The maximum Gasteiger partial charge on any atom is 0.230 e. The first-order chi connectivity index (χ1) is 11.4. The first kappa shape index (κ1) is 17.1. The van der Waals surface area contributed by atoms with Crippen LogP contribution in [0, 0.1) is 12.3 Å². The number of nitrogens with one attached hydrogen (secondary N) is 1. The highest BCUT2D eigenvalue weighted by molar-refractivity contribution is 5.29. The number of aryl methyl sites for hydroxylation is 1. The Labute approximate surface area is 144 Å². The summed E-state index contributed by atoms with van der Waals surface area (Å²) >= 11 is 0. The van der Waals surface area contributed by atoms with E-state index in [-0.39, 0.29) is 5.41 Å². The van der Waals surface area contributed by atoms with Gasteiger partial charge >= 0.3 is 0 Å². The molecule has 0 spiro atoms. The van der Waals surface area contributed by atoms with E-state index in [9.17, 15) is 0 Å². The summed E-state index contributed by atoms with van der Waals surface area (Å²) in [5, 5.41) is 11.6. The molecule has 0 radical (unpaired) electrons. The molecule has 0 aliphatic carbocycles. The van der Waals surface area contributed by atoms with E-state index < -0.39 is 0 Å². The third kappa shape index (κ3) is 4.22. The van der Waals surface area contributed by atoms with Crippen LogP contribution in [0.15, 0.2) is 28.7 Å². The first-order valence-electron chi connectivity index (χ1n) is 8.73. The number of nitrogens with zero attached hydrogens (tertiary/aromatic N) is 3. The molecule has 24 heavy (non-hydrogen) atoms. The molecule has 1 atom stereocenters. The van der Waals surface area contributed by atoms with Crippen LogP contribution in [0.3, 0.4) is 0 Å². The molecule has 3 rings (SSSR count). The van der Waals surface area contributed by atoms with E-state index in [0.29, 0.717) is 24.4 Å². The van der Waals surface area contributed by atoms with Crippen molar-refractivity contribution in [2.75, 3.05) is 13.1 Å². The van der Waals surface area contributed by atoms with Crippen LogP contribution in [-0.4, -0.2) is 34.2 Å². The second-order valence-corrected chi connectivity index (χ2v) is 7.77. The quantitative estimate of drug-likeness (QED) is 0.914. The van der Waals surface area contributed by atoms with Gasteiger partial charge in [-0.15, -0.1) is 10.2 Å². The van der Waals surface area contributed by atoms with Crippen molar-refractivity contribution >= 4 is 0 Å². The van der Waals surface area contributed by atoms with E-state index in [1.807, 2.05) is 6.92 Å². The first-order valence-corrected chi connectivity index (χ1v) is 8.73. The topological polar surface area (TPSA) is 54.2 Å². The standard InChI is InChI=1S/C19H28N4O/c1-14-21-22-18(24-14)11-20-17(19(2,3)4)13-23-10-9-15-7-5-6-8-16(15)12-23/h5-8,17,20H,9-13H2,1-4H3/t17-/m0/s1. The lowest BCUT2D eigenvalue weighted by Crippen LogP contribution is -2.49. The molecule has 5 heteroatoms. The van der Waals surface area contributed by atoms with Gasteiger partial charge in [-0.3, -0.25) is 4.90 Å². The van der Waals surface area contributed by atoms with Crippen molar-refractivity contribution in [2.24, 2.45) is 5.41 Å². The molecule has 0 bridgehead atoms. The highest BCUT2D eigenvalue weighted by Gasteiger charge is 2.28. The van der Waals surface area contributed by atoms with Gasteiger partial charge in [0.25, 0.3) is 0 Å². The van der Waals surface area contributed by atoms with Crippen molar-refractivity contribution in [1.29, 1.82) is 0 Å². The molecule has 0 saturated heterocycles. The van der Waals surface area contributed by atoms with Crippen LogP contribution in [0.2, 0.25) is 0 Å². The SMILES string of the molecule is Cc1nnc(CN[C@@H](CN2CCc3ccccc3C2)C(C)(C)C)o1. The van der Waals surface area contributed by atoms with E-state index in [0.717, 1.165) is 26.1 Å². The Morgan fingerprint density at radius 1 is 1.21 bits per heavy atom.